The molecule has 1 atom stereocenters. The third-order valence-corrected chi connectivity index (χ3v) is 1.74. The van der Waals surface area contributed by atoms with E-state index < -0.39 is 11.0 Å². The molecule has 0 aliphatic heterocycles. The number of rotatable bonds is 3. The fourth-order valence-electron chi connectivity index (χ4n) is 0.727. The highest BCUT2D eigenvalue weighted by Crippen LogP contribution is 2.22. The molecule has 0 rings (SSSR count). The molecule has 0 saturated carbocycles. The summed E-state index contributed by atoms with van der Waals surface area (Å²) in [6.07, 6.45) is 0.380. The Bertz CT molecular complexity index is 93.9. The molecule has 0 bridgehead atoms. The molecule has 1 unspecified atom stereocenters. The van der Waals surface area contributed by atoms with Crippen LogP contribution in [0.2, 0.25) is 0 Å². The lowest BCUT2D eigenvalue weighted by Gasteiger charge is -2.24. The largest absolute Gasteiger partial charge is 0.391 e. The lowest BCUT2D eigenvalue weighted by atomic mass is 9.97. The number of aliphatic hydroxyl groups is 1. The Hall–Kier alpha value is 0.250. The highest BCUT2D eigenvalue weighted by atomic mass is 35.5. The van der Waals surface area contributed by atoms with Crippen molar-refractivity contribution in [3.05, 3.63) is 0 Å². The molecule has 1 nitrogen and oxygen atoms in total. The number of hydrogen-bond donors (Lipinski definition) is 1. The van der Waals surface area contributed by atoms with Crippen molar-refractivity contribution in [2.45, 2.75) is 45.1 Å². The van der Waals surface area contributed by atoms with Gasteiger partial charge in [-0.2, -0.15) is 0 Å². The first kappa shape index (κ1) is 10.2. The summed E-state index contributed by atoms with van der Waals surface area (Å²) in [6, 6.07) is 0. The highest BCUT2D eigenvalue weighted by Gasteiger charge is 2.24. The van der Waals surface area contributed by atoms with Crippen molar-refractivity contribution >= 4 is 11.6 Å². The summed E-state index contributed by atoms with van der Waals surface area (Å²) >= 11 is 5.88. The van der Waals surface area contributed by atoms with E-state index in [0.29, 0.717) is 5.92 Å². The predicted octanol–water partition coefficient (Wildman–Crippen LogP) is 2.41. The summed E-state index contributed by atoms with van der Waals surface area (Å²) < 4.78 is 0. The molecular weight excluding hydrogens is 148 g/mol. The average molecular weight is 165 g/mol. The van der Waals surface area contributed by atoms with Gasteiger partial charge >= 0.3 is 0 Å². The summed E-state index contributed by atoms with van der Waals surface area (Å²) in [4.78, 5) is -0.482. The second kappa shape index (κ2) is 3.59. The first-order chi connectivity index (χ1) is 4.34. The van der Waals surface area contributed by atoms with Crippen LogP contribution in [-0.2, 0) is 0 Å². The van der Waals surface area contributed by atoms with Gasteiger partial charge in [-0.1, -0.05) is 13.8 Å². The lowest BCUT2D eigenvalue weighted by Crippen LogP contribution is -2.31. The van der Waals surface area contributed by atoms with Crippen molar-refractivity contribution in [1.29, 1.82) is 0 Å². The van der Waals surface area contributed by atoms with Gasteiger partial charge in [-0.05, 0) is 26.2 Å². The van der Waals surface area contributed by atoms with Gasteiger partial charge < -0.3 is 5.11 Å². The van der Waals surface area contributed by atoms with E-state index in [4.69, 9.17) is 11.6 Å². The van der Waals surface area contributed by atoms with Crippen LogP contribution < -0.4 is 0 Å². The Morgan fingerprint density at radius 2 is 1.80 bits per heavy atom. The van der Waals surface area contributed by atoms with Crippen molar-refractivity contribution in [2.24, 2.45) is 5.92 Å². The Morgan fingerprint density at radius 1 is 1.40 bits per heavy atom. The van der Waals surface area contributed by atoms with E-state index in [1.165, 1.54) is 0 Å². The number of aliphatic hydroxyl groups excluding tert-OH is 1. The van der Waals surface area contributed by atoms with Crippen molar-refractivity contribution < 1.29 is 5.11 Å². The van der Waals surface area contributed by atoms with Crippen molar-refractivity contribution in [1.82, 2.24) is 0 Å². The molecule has 0 aliphatic rings. The molecule has 10 heavy (non-hydrogen) atoms. The van der Waals surface area contributed by atoms with Crippen LogP contribution in [-0.4, -0.2) is 16.1 Å². The second-order valence-electron chi connectivity index (χ2n) is 3.71. The fraction of sp³-hybridized carbons (Fsp3) is 1.00. The average Bonchev–Trinajstić information content (AvgIpc) is 1.60. The van der Waals surface area contributed by atoms with Crippen LogP contribution >= 0.6 is 11.6 Å². The van der Waals surface area contributed by atoms with E-state index in [0.717, 1.165) is 6.42 Å². The van der Waals surface area contributed by atoms with Crippen molar-refractivity contribution in [2.75, 3.05) is 0 Å². The monoisotopic (exact) mass is 164 g/mol. The van der Waals surface area contributed by atoms with Crippen LogP contribution in [0.3, 0.4) is 0 Å². The first-order valence-electron chi connectivity index (χ1n) is 3.71. The zero-order valence-corrected chi connectivity index (χ0v) is 7.94. The third-order valence-electron chi connectivity index (χ3n) is 1.49. The summed E-state index contributed by atoms with van der Waals surface area (Å²) in [6.45, 7) is 7.82. The van der Waals surface area contributed by atoms with Crippen LogP contribution in [0.1, 0.15) is 34.1 Å². The minimum atomic E-state index is -0.482. The van der Waals surface area contributed by atoms with Gasteiger partial charge in [0.1, 0.15) is 0 Å². The zero-order valence-electron chi connectivity index (χ0n) is 7.19. The number of alkyl halides is 1. The van der Waals surface area contributed by atoms with Gasteiger partial charge in [0.25, 0.3) is 0 Å². The molecule has 0 aliphatic carbocycles. The predicted molar refractivity (Wildman–Crippen MR) is 45.4 cm³/mol. The van der Waals surface area contributed by atoms with Crippen molar-refractivity contribution in [3.8, 4) is 0 Å². The van der Waals surface area contributed by atoms with Crippen LogP contribution in [0.5, 0.6) is 0 Å². The molecule has 0 amide bonds. The minimum absolute atomic E-state index is 0.394. The summed E-state index contributed by atoms with van der Waals surface area (Å²) in [5.41, 5.74) is 0. The highest BCUT2D eigenvalue weighted by molar-refractivity contribution is 6.23. The maximum absolute atomic E-state index is 9.42. The minimum Gasteiger partial charge on any atom is -0.391 e. The van der Waals surface area contributed by atoms with Gasteiger partial charge in [0.05, 0.1) is 11.0 Å². The Labute approximate surface area is 68.4 Å². The molecule has 0 aromatic heterocycles. The van der Waals surface area contributed by atoms with E-state index in [-0.39, 0.29) is 0 Å². The molecular formula is C8H17ClO. The van der Waals surface area contributed by atoms with Crippen LogP contribution in [0.15, 0.2) is 0 Å². The molecule has 0 aromatic rings. The van der Waals surface area contributed by atoms with Crippen molar-refractivity contribution in [3.63, 3.8) is 0 Å². The standard InChI is InChI=1S/C8H17ClO/c1-6(2)5-7(10)8(3,4)9/h6-7,10H,5H2,1-4H3. The van der Waals surface area contributed by atoms with Gasteiger partial charge in [-0.3, -0.25) is 0 Å². The van der Waals surface area contributed by atoms with Gasteiger partial charge in [0.15, 0.2) is 0 Å². The summed E-state index contributed by atoms with van der Waals surface area (Å²) in [5.74, 6) is 0.507. The number of hydrogen-bond acceptors (Lipinski definition) is 1. The van der Waals surface area contributed by atoms with Gasteiger partial charge in [-0.25, -0.2) is 0 Å². The van der Waals surface area contributed by atoms with E-state index in [9.17, 15) is 5.11 Å². The zero-order chi connectivity index (χ0) is 8.36. The van der Waals surface area contributed by atoms with Crippen LogP contribution in [0, 0.1) is 5.92 Å². The SMILES string of the molecule is CC(C)CC(O)C(C)(C)Cl. The molecule has 0 radical (unpaired) electrons. The third kappa shape index (κ3) is 4.13. The topological polar surface area (TPSA) is 20.2 Å². The summed E-state index contributed by atoms with van der Waals surface area (Å²) in [5, 5.41) is 9.42. The second-order valence-corrected chi connectivity index (χ2v) is 4.68. The maximum Gasteiger partial charge on any atom is 0.0728 e. The van der Waals surface area contributed by atoms with Gasteiger partial charge in [-0.15, -0.1) is 11.6 Å². The fourth-order valence-corrected chi connectivity index (χ4v) is 0.816. The molecule has 1 N–H and O–H groups in total. The molecule has 0 fully saturated rings. The summed E-state index contributed by atoms with van der Waals surface area (Å²) in [7, 11) is 0. The quantitative estimate of drug-likeness (QED) is 0.636. The normalized spacial score (nSPS) is 15.9. The van der Waals surface area contributed by atoms with Crippen LogP contribution in [0.25, 0.3) is 0 Å². The molecule has 0 saturated heterocycles. The first-order valence-corrected chi connectivity index (χ1v) is 4.09. The molecule has 0 heterocycles. The Kier molecular flexibility index (Phi) is 3.68. The van der Waals surface area contributed by atoms with E-state index in [1.807, 2.05) is 13.8 Å². The van der Waals surface area contributed by atoms with Gasteiger partial charge in [0, 0.05) is 0 Å². The Morgan fingerprint density at radius 3 is 1.90 bits per heavy atom. The molecule has 0 spiro atoms. The van der Waals surface area contributed by atoms with E-state index in [2.05, 4.69) is 13.8 Å². The lowest BCUT2D eigenvalue weighted by molar-refractivity contribution is 0.115. The molecule has 0 aromatic carbocycles. The van der Waals surface area contributed by atoms with E-state index >= 15 is 0 Å². The van der Waals surface area contributed by atoms with E-state index in [1.54, 1.807) is 0 Å². The smallest absolute Gasteiger partial charge is 0.0728 e. The molecule has 62 valence electrons. The Balaban J connectivity index is 3.73. The van der Waals surface area contributed by atoms with Crippen LogP contribution in [0.4, 0.5) is 0 Å². The van der Waals surface area contributed by atoms with Gasteiger partial charge in [0.2, 0.25) is 0 Å². The maximum atomic E-state index is 9.42. The number of halogens is 1. The molecule has 2 heteroatoms.